The van der Waals surface area contributed by atoms with Crippen LogP contribution < -0.4 is 21.5 Å². The summed E-state index contributed by atoms with van der Waals surface area (Å²) >= 11 is 0. The number of hydrogen-bond donors (Lipinski definition) is 3. The Labute approximate surface area is 248 Å². The standard InChI is InChI=1S/C33H35F2N5O3/c1-17-9-23(26(35)14-25(17)34)27-12-21(33(7-8-33)32(37)42)13-28(40-27)24(18-3-4-18)16-39-31(41)19-10-20(15-38-22-5-6-22)30(36)29(11-19)43-2/h9-15,18,22,24H,3-8,16,36H2,1-2H3,(H2,37,42)(H,39,41). The fourth-order valence-electron chi connectivity index (χ4n) is 5.59. The number of pyridine rings is 1. The Hall–Kier alpha value is -4.34. The highest BCUT2D eigenvalue weighted by atomic mass is 19.1. The zero-order valence-electron chi connectivity index (χ0n) is 24.3. The second-order valence-corrected chi connectivity index (χ2v) is 12.0. The van der Waals surface area contributed by atoms with Gasteiger partial charge in [0, 0.05) is 47.1 Å². The predicted molar refractivity (Wildman–Crippen MR) is 160 cm³/mol. The summed E-state index contributed by atoms with van der Waals surface area (Å²) < 4.78 is 34.5. The molecule has 10 heteroatoms. The van der Waals surface area contributed by atoms with E-state index in [1.54, 1.807) is 31.3 Å². The molecule has 0 saturated heterocycles. The van der Waals surface area contributed by atoms with Crippen molar-refractivity contribution in [2.75, 3.05) is 19.4 Å². The van der Waals surface area contributed by atoms with Crippen LogP contribution in [0.4, 0.5) is 14.5 Å². The molecule has 3 aliphatic rings. The van der Waals surface area contributed by atoms with E-state index >= 15 is 4.39 Å². The third-order valence-electron chi connectivity index (χ3n) is 8.82. The van der Waals surface area contributed by atoms with Crippen molar-refractivity contribution in [3.8, 4) is 17.0 Å². The Bertz CT molecular complexity index is 1640. The van der Waals surface area contributed by atoms with E-state index < -0.39 is 23.0 Å². The lowest BCUT2D eigenvalue weighted by molar-refractivity contribution is -0.120. The smallest absolute Gasteiger partial charge is 0.251 e. The summed E-state index contributed by atoms with van der Waals surface area (Å²) in [7, 11) is 1.50. The number of rotatable bonds is 11. The van der Waals surface area contributed by atoms with Gasteiger partial charge in [-0.25, -0.2) is 8.78 Å². The van der Waals surface area contributed by atoms with Crippen LogP contribution in [0, 0.1) is 24.5 Å². The minimum Gasteiger partial charge on any atom is -0.495 e. The van der Waals surface area contributed by atoms with Crippen LogP contribution in [0.1, 0.15) is 77.2 Å². The van der Waals surface area contributed by atoms with E-state index in [4.69, 9.17) is 21.2 Å². The highest BCUT2D eigenvalue weighted by Gasteiger charge is 2.50. The number of amides is 2. The molecule has 2 amide bonds. The molecule has 1 unspecified atom stereocenters. The summed E-state index contributed by atoms with van der Waals surface area (Å²) in [5, 5.41) is 3.04. The van der Waals surface area contributed by atoms with E-state index in [9.17, 15) is 14.0 Å². The van der Waals surface area contributed by atoms with Crippen molar-refractivity contribution in [2.45, 2.75) is 62.8 Å². The van der Waals surface area contributed by atoms with Crippen LogP contribution in [-0.4, -0.2) is 42.7 Å². The maximum Gasteiger partial charge on any atom is 0.251 e. The summed E-state index contributed by atoms with van der Waals surface area (Å²) in [5.74, 6) is -1.69. The van der Waals surface area contributed by atoms with Gasteiger partial charge in [0.2, 0.25) is 5.91 Å². The molecular formula is C33H35F2N5O3. The van der Waals surface area contributed by atoms with E-state index in [-0.39, 0.29) is 35.4 Å². The number of nitrogens with two attached hydrogens (primary N) is 2. The van der Waals surface area contributed by atoms with E-state index in [0.29, 0.717) is 58.4 Å². The topological polar surface area (TPSA) is 133 Å². The number of aliphatic imine (C=N–C) groups is 1. The molecule has 1 atom stereocenters. The van der Waals surface area contributed by atoms with Gasteiger partial charge >= 0.3 is 0 Å². The number of primary amides is 1. The molecule has 3 aromatic rings. The molecule has 0 spiro atoms. The average Bonchev–Trinajstić information content (AvgIpc) is 3.83. The van der Waals surface area contributed by atoms with Gasteiger partial charge in [-0.2, -0.15) is 0 Å². The maximum absolute atomic E-state index is 15.0. The Morgan fingerprint density at radius 3 is 2.49 bits per heavy atom. The van der Waals surface area contributed by atoms with Gasteiger partial charge in [0.05, 0.1) is 29.9 Å². The Balaban J connectivity index is 1.32. The first-order chi connectivity index (χ1) is 20.6. The molecule has 3 saturated carbocycles. The number of benzene rings is 2. The van der Waals surface area contributed by atoms with Crippen molar-refractivity contribution >= 4 is 23.7 Å². The third-order valence-corrected chi connectivity index (χ3v) is 8.82. The molecule has 5 N–H and O–H groups in total. The fourth-order valence-corrected chi connectivity index (χ4v) is 5.59. The molecule has 0 aliphatic heterocycles. The molecule has 6 rings (SSSR count). The SMILES string of the molecule is COc1cc(C(=O)NCC(c2cc(C3(C(N)=O)CC3)cc(-c3cc(C)c(F)cc3F)n2)C2CC2)cc(C=NC2CC2)c1N. The summed E-state index contributed by atoms with van der Waals surface area (Å²) in [6.45, 7) is 1.83. The van der Waals surface area contributed by atoms with Crippen molar-refractivity contribution in [1.82, 2.24) is 10.3 Å². The third kappa shape index (κ3) is 5.83. The normalized spacial score (nSPS) is 18.0. The van der Waals surface area contributed by atoms with Gasteiger partial charge in [-0.15, -0.1) is 0 Å². The van der Waals surface area contributed by atoms with E-state index in [2.05, 4.69) is 10.3 Å². The van der Waals surface area contributed by atoms with Gasteiger partial charge in [-0.3, -0.25) is 19.6 Å². The fraction of sp³-hybridized carbons (Fsp3) is 0.394. The Morgan fingerprint density at radius 2 is 1.86 bits per heavy atom. The van der Waals surface area contributed by atoms with Gasteiger partial charge in [-0.1, -0.05) is 0 Å². The summed E-state index contributed by atoms with van der Waals surface area (Å²) in [6.07, 6.45) is 6.86. The Morgan fingerprint density at radius 1 is 1.12 bits per heavy atom. The molecule has 0 radical (unpaired) electrons. The second-order valence-electron chi connectivity index (χ2n) is 12.0. The monoisotopic (exact) mass is 587 g/mol. The molecule has 3 aliphatic carbocycles. The number of carbonyl (C=O) groups excluding carboxylic acids is 2. The largest absolute Gasteiger partial charge is 0.495 e. The number of anilines is 1. The van der Waals surface area contributed by atoms with Crippen molar-refractivity contribution in [1.29, 1.82) is 0 Å². The van der Waals surface area contributed by atoms with E-state index in [1.165, 1.54) is 13.2 Å². The number of aryl methyl sites for hydroxylation is 1. The van der Waals surface area contributed by atoms with Crippen molar-refractivity contribution in [3.05, 3.63) is 76.0 Å². The molecule has 1 aromatic heterocycles. The van der Waals surface area contributed by atoms with Crippen LogP contribution in [0.3, 0.4) is 0 Å². The first kappa shape index (κ1) is 28.8. The molecule has 0 bridgehead atoms. The lowest BCUT2D eigenvalue weighted by atomic mass is 9.89. The highest BCUT2D eigenvalue weighted by Crippen LogP contribution is 2.50. The lowest BCUT2D eigenvalue weighted by Crippen LogP contribution is -2.31. The average molecular weight is 588 g/mol. The number of nitrogens with zero attached hydrogens (tertiary/aromatic N) is 2. The van der Waals surface area contributed by atoms with Crippen LogP contribution in [0.25, 0.3) is 11.3 Å². The molecule has 8 nitrogen and oxygen atoms in total. The molecule has 3 fully saturated rings. The molecule has 1 heterocycles. The van der Waals surface area contributed by atoms with E-state index in [0.717, 1.165) is 31.7 Å². The maximum atomic E-state index is 15.0. The number of carbonyl (C=O) groups is 2. The van der Waals surface area contributed by atoms with Gasteiger partial charge in [0.1, 0.15) is 17.4 Å². The zero-order valence-corrected chi connectivity index (χ0v) is 24.3. The van der Waals surface area contributed by atoms with Crippen LogP contribution in [-0.2, 0) is 10.2 Å². The molecular weight excluding hydrogens is 552 g/mol. The van der Waals surface area contributed by atoms with Crippen LogP contribution >= 0.6 is 0 Å². The van der Waals surface area contributed by atoms with Crippen molar-refractivity contribution < 1.29 is 23.1 Å². The Kier molecular flexibility index (Phi) is 7.40. The van der Waals surface area contributed by atoms with Gasteiger partial charge in [0.15, 0.2) is 0 Å². The first-order valence-electron chi connectivity index (χ1n) is 14.7. The van der Waals surface area contributed by atoms with Gasteiger partial charge in [-0.05, 0) is 92.8 Å². The summed E-state index contributed by atoms with van der Waals surface area (Å²) in [4.78, 5) is 35.2. The molecule has 43 heavy (non-hydrogen) atoms. The van der Waals surface area contributed by atoms with Crippen molar-refractivity contribution in [3.63, 3.8) is 0 Å². The number of hydrogen-bond acceptors (Lipinski definition) is 6. The quantitative estimate of drug-likeness (QED) is 0.216. The number of methoxy groups -OCH3 is 1. The van der Waals surface area contributed by atoms with Crippen LogP contribution in [0.2, 0.25) is 0 Å². The van der Waals surface area contributed by atoms with Gasteiger partial charge in [0.25, 0.3) is 5.91 Å². The van der Waals surface area contributed by atoms with Crippen LogP contribution in [0.15, 0.2) is 41.4 Å². The number of halogens is 2. The lowest BCUT2D eigenvalue weighted by Gasteiger charge is -2.21. The zero-order chi connectivity index (χ0) is 30.5. The van der Waals surface area contributed by atoms with E-state index in [1.807, 2.05) is 6.07 Å². The summed E-state index contributed by atoms with van der Waals surface area (Å²) in [6, 6.07) is 9.43. The first-order valence-corrected chi connectivity index (χ1v) is 14.7. The van der Waals surface area contributed by atoms with Crippen LogP contribution in [0.5, 0.6) is 5.75 Å². The minimum absolute atomic E-state index is 0.148. The number of ether oxygens (including phenoxy) is 1. The minimum atomic E-state index is -0.839. The highest BCUT2D eigenvalue weighted by molar-refractivity contribution is 5.99. The number of aromatic nitrogens is 1. The number of nitrogen functional groups attached to an aromatic ring is 1. The molecule has 224 valence electrons. The second kappa shape index (κ2) is 11.1. The summed E-state index contributed by atoms with van der Waals surface area (Å²) in [5.41, 5.74) is 14.7. The van der Waals surface area contributed by atoms with Crippen molar-refractivity contribution in [2.24, 2.45) is 16.6 Å². The predicted octanol–water partition coefficient (Wildman–Crippen LogP) is 4.95. The number of nitrogens with one attached hydrogen (secondary N) is 1. The van der Waals surface area contributed by atoms with Gasteiger partial charge < -0.3 is 21.5 Å². The molecule has 2 aromatic carbocycles.